The fourth-order valence-corrected chi connectivity index (χ4v) is 5.72. The minimum absolute atomic E-state index is 0.110. The predicted molar refractivity (Wildman–Crippen MR) is 159 cm³/mol. The molecule has 0 unspecified atom stereocenters. The van der Waals surface area contributed by atoms with Crippen molar-refractivity contribution in [3.8, 4) is 0 Å². The molecule has 11 heteroatoms. The van der Waals surface area contributed by atoms with E-state index in [1.165, 1.54) is 18.2 Å². The van der Waals surface area contributed by atoms with Gasteiger partial charge in [-0.15, -0.1) is 0 Å². The number of hydrogen-bond acceptors (Lipinski definition) is 5. The molecule has 0 amide bonds. The Morgan fingerprint density at radius 3 is 1.50 bits per heavy atom. The molecule has 0 atom stereocenters. The molecule has 0 radical (unpaired) electrons. The molecule has 5 nitrogen and oxygen atoms in total. The van der Waals surface area contributed by atoms with Gasteiger partial charge in [0.05, 0.1) is 24.5 Å². The molecule has 0 bridgehead atoms. The molecule has 5 rings (SSSR count). The standard InChI is InChI=1S/C11H11FN2S.C11H15FN2S.C7H3F2N/c1-13-9-2-3-11(10(12)8-9)14-4-6-15-7-5-14;12-10-7-9(8-13)1-2-11(10)14-3-5-15-6-4-14;1-10-5-2-3-6(8)7(9)4-5/h2-3,8H,4-7H2;1-2,7H,3-6,8,13H2;2-4H. The predicted octanol–water partition coefficient (Wildman–Crippen LogP) is 7.28. The van der Waals surface area contributed by atoms with E-state index in [1.807, 2.05) is 40.6 Å². The lowest BCUT2D eigenvalue weighted by atomic mass is 10.2. The van der Waals surface area contributed by atoms with Gasteiger partial charge in [0.2, 0.25) is 0 Å². The molecule has 0 spiro atoms. The number of benzene rings is 3. The molecule has 2 aliphatic rings. The lowest BCUT2D eigenvalue weighted by molar-refractivity contribution is 0.509. The van der Waals surface area contributed by atoms with E-state index in [2.05, 4.69) is 14.6 Å². The molecule has 0 saturated carbocycles. The zero-order valence-electron chi connectivity index (χ0n) is 21.8. The average Bonchev–Trinajstić information content (AvgIpc) is 3.00. The number of nitrogens with two attached hydrogens (primary N) is 1. The normalized spacial score (nSPS) is 14.6. The van der Waals surface area contributed by atoms with Gasteiger partial charge in [0.15, 0.2) is 17.2 Å². The minimum Gasteiger partial charge on any atom is -0.368 e. The number of hydrogen-bond donors (Lipinski definition) is 1. The van der Waals surface area contributed by atoms with E-state index in [1.54, 1.807) is 12.1 Å². The summed E-state index contributed by atoms with van der Waals surface area (Å²) in [6.07, 6.45) is 0. The second kappa shape index (κ2) is 16.0. The number of anilines is 2. The smallest absolute Gasteiger partial charge is 0.190 e. The number of thioether (sulfide) groups is 2. The summed E-state index contributed by atoms with van der Waals surface area (Å²) in [6, 6.07) is 13.0. The quantitative estimate of drug-likeness (QED) is 0.258. The lowest BCUT2D eigenvalue weighted by Gasteiger charge is -2.28. The van der Waals surface area contributed by atoms with Gasteiger partial charge in [0, 0.05) is 55.7 Å². The van der Waals surface area contributed by atoms with Crippen LogP contribution < -0.4 is 15.5 Å². The summed E-state index contributed by atoms with van der Waals surface area (Å²) < 4.78 is 51.8. The van der Waals surface area contributed by atoms with Gasteiger partial charge in [-0.1, -0.05) is 18.2 Å². The highest BCUT2D eigenvalue weighted by atomic mass is 32.2. The molecule has 2 aliphatic heterocycles. The molecule has 2 heterocycles. The SMILES string of the molecule is NCc1ccc(N2CCSCC2)c(F)c1.[C-]#[N+]c1ccc(F)c(F)c1.[C-]#[N+]c1ccc(N2CCSCC2)c(F)c1. The summed E-state index contributed by atoms with van der Waals surface area (Å²) in [6.45, 7) is 17.3. The first kappa shape index (κ1) is 31.2. The number of rotatable bonds is 3. The third-order valence-corrected chi connectivity index (χ3v) is 7.93. The molecule has 3 aromatic carbocycles. The largest absolute Gasteiger partial charge is 0.368 e. The first-order valence-corrected chi connectivity index (χ1v) is 14.8. The van der Waals surface area contributed by atoms with Gasteiger partial charge in [0.25, 0.3) is 0 Å². The topological polar surface area (TPSA) is 41.2 Å². The van der Waals surface area contributed by atoms with E-state index in [9.17, 15) is 17.6 Å². The van der Waals surface area contributed by atoms with Crippen LogP contribution in [-0.4, -0.2) is 49.2 Å². The third-order valence-electron chi connectivity index (χ3n) is 6.04. The molecular formula is C29H29F4N5S2. The van der Waals surface area contributed by atoms with Crippen LogP contribution in [0.2, 0.25) is 0 Å². The van der Waals surface area contributed by atoms with Crippen LogP contribution >= 0.6 is 23.5 Å². The van der Waals surface area contributed by atoms with Crippen molar-refractivity contribution in [2.45, 2.75) is 6.54 Å². The van der Waals surface area contributed by atoms with Crippen molar-refractivity contribution in [2.24, 2.45) is 5.73 Å². The van der Waals surface area contributed by atoms with E-state index in [4.69, 9.17) is 18.9 Å². The maximum atomic E-state index is 13.7. The van der Waals surface area contributed by atoms with Crippen LogP contribution in [0.25, 0.3) is 9.69 Å². The van der Waals surface area contributed by atoms with E-state index in [0.29, 0.717) is 23.6 Å². The van der Waals surface area contributed by atoms with E-state index >= 15 is 0 Å². The molecule has 2 fully saturated rings. The first-order valence-electron chi connectivity index (χ1n) is 12.5. The molecule has 0 aromatic heterocycles. The van der Waals surface area contributed by atoms with Gasteiger partial charge in [0.1, 0.15) is 17.5 Å². The summed E-state index contributed by atoms with van der Waals surface area (Å²) in [5.41, 5.74) is 8.13. The van der Waals surface area contributed by atoms with Crippen LogP contribution in [0, 0.1) is 36.4 Å². The Bertz CT molecular complexity index is 1350. The van der Waals surface area contributed by atoms with Crippen molar-refractivity contribution in [3.05, 3.63) is 106 Å². The fraction of sp³-hybridized carbons (Fsp3) is 0.310. The van der Waals surface area contributed by atoms with Gasteiger partial charge < -0.3 is 15.5 Å². The molecule has 2 N–H and O–H groups in total. The van der Waals surface area contributed by atoms with Crippen LogP contribution in [0.3, 0.4) is 0 Å². The molecule has 2 saturated heterocycles. The summed E-state index contributed by atoms with van der Waals surface area (Å²) in [4.78, 5) is 10.3. The summed E-state index contributed by atoms with van der Waals surface area (Å²) >= 11 is 3.82. The molecular weight excluding hydrogens is 558 g/mol. The Kier molecular flexibility index (Phi) is 12.5. The monoisotopic (exact) mass is 587 g/mol. The van der Waals surface area contributed by atoms with E-state index in [-0.39, 0.29) is 17.3 Å². The highest BCUT2D eigenvalue weighted by Gasteiger charge is 2.16. The summed E-state index contributed by atoms with van der Waals surface area (Å²) in [7, 11) is 0. The highest BCUT2D eigenvalue weighted by molar-refractivity contribution is 7.99. The fourth-order valence-electron chi connectivity index (χ4n) is 3.92. The Balaban J connectivity index is 0.000000169. The molecule has 3 aromatic rings. The average molecular weight is 588 g/mol. The maximum Gasteiger partial charge on any atom is 0.190 e. The number of nitrogens with zero attached hydrogens (tertiary/aromatic N) is 4. The van der Waals surface area contributed by atoms with Gasteiger partial charge >= 0.3 is 0 Å². The second-order valence-corrected chi connectivity index (χ2v) is 11.1. The Morgan fingerprint density at radius 2 is 1.07 bits per heavy atom. The van der Waals surface area contributed by atoms with Crippen molar-refractivity contribution in [1.82, 2.24) is 0 Å². The summed E-state index contributed by atoms with van der Waals surface area (Å²) in [5.74, 6) is 1.92. The maximum absolute atomic E-state index is 13.7. The highest BCUT2D eigenvalue weighted by Crippen LogP contribution is 2.26. The van der Waals surface area contributed by atoms with E-state index < -0.39 is 11.6 Å². The minimum atomic E-state index is -0.978. The van der Waals surface area contributed by atoms with Crippen molar-refractivity contribution in [2.75, 3.05) is 59.0 Å². The van der Waals surface area contributed by atoms with Crippen LogP contribution in [0.15, 0.2) is 54.6 Å². The van der Waals surface area contributed by atoms with Gasteiger partial charge in [-0.3, -0.25) is 0 Å². The first-order chi connectivity index (χ1) is 19.4. The Morgan fingerprint density at radius 1 is 0.625 bits per heavy atom. The van der Waals surface area contributed by atoms with Gasteiger partial charge in [-0.25, -0.2) is 27.3 Å². The van der Waals surface area contributed by atoms with Crippen molar-refractivity contribution in [3.63, 3.8) is 0 Å². The zero-order valence-corrected chi connectivity index (χ0v) is 23.4. The van der Waals surface area contributed by atoms with Crippen LogP contribution in [0.1, 0.15) is 5.56 Å². The number of halogens is 4. The molecule has 40 heavy (non-hydrogen) atoms. The van der Waals surface area contributed by atoms with Crippen LogP contribution in [0.5, 0.6) is 0 Å². The molecule has 210 valence electrons. The lowest BCUT2D eigenvalue weighted by Crippen LogP contribution is -2.33. The van der Waals surface area contributed by atoms with Crippen LogP contribution in [-0.2, 0) is 6.54 Å². The van der Waals surface area contributed by atoms with Crippen molar-refractivity contribution in [1.29, 1.82) is 0 Å². The van der Waals surface area contributed by atoms with Gasteiger partial charge in [-0.2, -0.15) is 23.5 Å². The summed E-state index contributed by atoms with van der Waals surface area (Å²) in [5, 5.41) is 0. The van der Waals surface area contributed by atoms with Crippen molar-refractivity contribution >= 4 is 46.3 Å². The van der Waals surface area contributed by atoms with E-state index in [0.717, 1.165) is 66.9 Å². The Hall–Kier alpha value is -3.38. The van der Waals surface area contributed by atoms with Crippen LogP contribution in [0.4, 0.5) is 40.3 Å². The van der Waals surface area contributed by atoms with Crippen molar-refractivity contribution < 1.29 is 17.6 Å². The second-order valence-electron chi connectivity index (χ2n) is 8.65. The third kappa shape index (κ3) is 9.09. The zero-order chi connectivity index (χ0) is 28.9. The van der Waals surface area contributed by atoms with Gasteiger partial charge in [-0.05, 0) is 42.0 Å². The Labute approximate surface area is 241 Å². The molecule has 0 aliphatic carbocycles.